The van der Waals surface area contributed by atoms with Gasteiger partial charge < -0.3 is 15.5 Å². The summed E-state index contributed by atoms with van der Waals surface area (Å²) in [7, 11) is 1.48. The van der Waals surface area contributed by atoms with E-state index >= 15 is 0 Å². The van der Waals surface area contributed by atoms with Gasteiger partial charge in [0.1, 0.15) is 5.82 Å². The van der Waals surface area contributed by atoms with Crippen LogP contribution in [0.4, 0.5) is 11.5 Å². The number of carbonyl (C=O) groups excluding carboxylic acids is 2. The van der Waals surface area contributed by atoms with Crippen molar-refractivity contribution in [1.82, 2.24) is 14.5 Å². The maximum absolute atomic E-state index is 13.0. The van der Waals surface area contributed by atoms with Gasteiger partial charge >= 0.3 is 5.69 Å². The van der Waals surface area contributed by atoms with Crippen LogP contribution in [0.5, 0.6) is 0 Å². The number of nitrogens with zero attached hydrogens (tertiary/aromatic N) is 3. The van der Waals surface area contributed by atoms with Crippen molar-refractivity contribution in [3.8, 4) is 0 Å². The zero-order valence-electron chi connectivity index (χ0n) is 16.6. The molecule has 1 fully saturated rings. The van der Waals surface area contributed by atoms with Crippen molar-refractivity contribution in [3.05, 3.63) is 56.7 Å². The van der Waals surface area contributed by atoms with E-state index in [4.69, 9.17) is 5.73 Å². The average Bonchev–Trinajstić information content (AvgIpc) is 2.71. The molecule has 0 radical (unpaired) electrons. The van der Waals surface area contributed by atoms with Crippen LogP contribution in [-0.4, -0.2) is 46.4 Å². The first kappa shape index (κ1) is 20.4. The molecule has 1 aliphatic heterocycles. The summed E-state index contributed by atoms with van der Waals surface area (Å²) in [5.74, 6) is -0.642. The minimum atomic E-state index is -0.700. The Balaban J connectivity index is 1.87. The number of nitrogens with two attached hydrogens (primary N) is 1. The number of rotatable bonds is 4. The Kier molecular flexibility index (Phi) is 5.86. The standard InChI is InChI=1S/C20H25N5O4/c1-13(26)24-10-8-15(9-11-24)19(28)23(2)16-17(21)25(20(29)22-18(16)27)12-14-6-4-3-5-7-14/h3-7,15H,8-12,21H2,1-2H3,(H,22,27,29). The fourth-order valence-corrected chi connectivity index (χ4v) is 3.65. The van der Waals surface area contributed by atoms with Crippen LogP contribution in [-0.2, 0) is 16.1 Å². The highest BCUT2D eigenvalue weighted by Gasteiger charge is 2.30. The molecule has 2 aromatic rings. The summed E-state index contributed by atoms with van der Waals surface area (Å²) in [6.07, 6.45) is 1.04. The lowest BCUT2D eigenvalue weighted by Gasteiger charge is -2.32. The fraction of sp³-hybridized carbons (Fsp3) is 0.400. The van der Waals surface area contributed by atoms with Gasteiger partial charge in [0.15, 0.2) is 5.69 Å². The summed E-state index contributed by atoms with van der Waals surface area (Å²) in [5.41, 5.74) is 5.63. The van der Waals surface area contributed by atoms with E-state index in [1.54, 1.807) is 4.90 Å². The average molecular weight is 399 g/mol. The van der Waals surface area contributed by atoms with Gasteiger partial charge in [0.2, 0.25) is 11.8 Å². The third-order valence-electron chi connectivity index (χ3n) is 5.35. The van der Waals surface area contributed by atoms with Gasteiger partial charge in [0.05, 0.1) is 6.54 Å². The Hall–Kier alpha value is -3.36. The van der Waals surface area contributed by atoms with E-state index in [2.05, 4.69) is 4.98 Å². The molecule has 2 amide bonds. The summed E-state index contributed by atoms with van der Waals surface area (Å²) in [6.45, 7) is 2.68. The van der Waals surface area contributed by atoms with Crippen molar-refractivity contribution in [2.75, 3.05) is 30.8 Å². The topological polar surface area (TPSA) is 121 Å². The van der Waals surface area contributed by atoms with Crippen LogP contribution >= 0.6 is 0 Å². The SMILES string of the molecule is CC(=O)N1CCC(C(=O)N(C)c2c(N)n(Cc3ccccc3)c(=O)[nH]c2=O)CC1. The minimum Gasteiger partial charge on any atom is -0.383 e. The number of aromatic nitrogens is 2. The number of nitrogen functional groups attached to an aromatic ring is 1. The number of aromatic amines is 1. The lowest BCUT2D eigenvalue weighted by Crippen LogP contribution is -2.45. The van der Waals surface area contributed by atoms with Crippen LogP contribution in [0.2, 0.25) is 0 Å². The highest BCUT2D eigenvalue weighted by atomic mass is 16.2. The van der Waals surface area contributed by atoms with Gasteiger partial charge in [0.25, 0.3) is 5.56 Å². The molecule has 9 nitrogen and oxygen atoms in total. The predicted octanol–water partition coefficient (Wildman–Crippen LogP) is 0.388. The van der Waals surface area contributed by atoms with Crippen molar-refractivity contribution in [2.45, 2.75) is 26.3 Å². The first-order valence-corrected chi connectivity index (χ1v) is 9.49. The summed E-state index contributed by atoms with van der Waals surface area (Å²) in [4.78, 5) is 54.4. The van der Waals surface area contributed by atoms with Crippen molar-refractivity contribution >= 4 is 23.3 Å². The maximum atomic E-state index is 13.0. The molecule has 2 heterocycles. The molecule has 0 atom stereocenters. The van der Waals surface area contributed by atoms with Crippen molar-refractivity contribution in [2.24, 2.45) is 5.92 Å². The first-order valence-electron chi connectivity index (χ1n) is 9.49. The molecule has 1 saturated heterocycles. The third-order valence-corrected chi connectivity index (χ3v) is 5.35. The number of H-pyrrole nitrogens is 1. The van der Waals surface area contributed by atoms with E-state index in [-0.39, 0.29) is 35.8 Å². The van der Waals surface area contributed by atoms with Crippen LogP contribution in [0.15, 0.2) is 39.9 Å². The molecule has 3 rings (SSSR count). The molecular formula is C20H25N5O4. The highest BCUT2D eigenvalue weighted by molar-refractivity contribution is 5.96. The van der Waals surface area contributed by atoms with Gasteiger partial charge in [-0.15, -0.1) is 0 Å². The quantitative estimate of drug-likeness (QED) is 0.770. The number of hydrogen-bond acceptors (Lipinski definition) is 5. The molecule has 0 aliphatic carbocycles. The Morgan fingerprint density at radius 2 is 1.79 bits per heavy atom. The molecule has 3 N–H and O–H groups in total. The molecule has 1 aromatic heterocycles. The summed E-state index contributed by atoms with van der Waals surface area (Å²) < 4.78 is 1.24. The second-order valence-electron chi connectivity index (χ2n) is 7.24. The molecule has 0 saturated carbocycles. The summed E-state index contributed by atoms with van der Waals surface area (Å²) in [6, 6.07) is 9.22. The molecule has 0 bridgehead atoms. The van der Waals surface area contributed by atoms with E-state index in [0.29, 0.717) is 25.9 Å². The number of carbonyl (C=O) groups is 2. The molecular weight excluding hydrogens is 374 g/mol. The maximum Gasteiger partial charge on any atom is 0.330 e. The molecule has 1 aliphatic rings. The van der Waals surface area contributed by atoms with E-state index < -0.39 is 11.2 Å². The number of nitrogens with one attached hydrogen (secondary N) is 1. The highest BCUT2D eigenvalue weighted by Crippen LogP contribution is 2.23. The zero-order valence-corrected chi connectivity index (χ0v) is 16.6. The third kappa shape index (κ3) is 4.23. The van der Waals surface area contributed by atoms with E-state index in [1.165, 1.54) is 23.4 Å². The van der Waals surface area contributed by atoms with Crippen LogP contribution in [0, 0.1) is 5.92 Å². The number of amides is 2. The van der Waals surface area contributed by atoms with E-state index in [9.17, 15) is 19.2 Å². The second kappa shape index (κ2) is 8.34. The van der Waals surface area contributed by atoms with Gasteiger partial charge in [-0.25, -0.2) is 4.79 Å². The Bertz CT molecular complexity index is 1020. The summed E-state index contributed by atoms with van der Waals surface area (Å²) >= 11 is 0. The van der Waals surface area contributed by atoms with E-state index in [1.807, 2.05) is 30.3 Å². The van der Waals surface area contributed by atoms with Crippen LogP contribution in [0.3, 0.4) is 0 Å². The molecule has 0 unspecified atom stereocenters. The van der Waals surface area contributed by atoms with Crippen molar-refractivity contribution in [3.63, 3.8) is 0 Å². The zero-order chi connectivity index (χ0) is 21.1. The molecule has 29 heavy (non-hydrogen) atoms. The number of anilines is 2. The van der Waals surface area contributed by atoms with Crippen molar-refractivity contribution < 1.29 is 9.59 Å². The fourth-order valence-electron chi connectivity index (χ4n) is 3.65. The van der Waals surface area contributed by atoms with E-state index in [0.717, 1.165) is 5.56 Å². The second-order valence-corrected chi connectivity index (χ2v) is 7.24. The lowest BCUT2D eigenvalue weighted by atomic mass is 9.95. The number of piperidine rings is 1. The van der Waals surface area contributed by atoms with Crippen LogP contribution in [0.25, 0.3) is 0 Å². The van der Waals surface area contributed by atoms with Crippen molar-refractivity contribution in [1.29, 1.82) is 0 Å². The lowest BCUT2D eigenvalue weighted by molar-refractivity contribution is -0.133. The molecule has 0 spiro atoms. The van der Waals surface area contributed by atoms with Gasteiger partial charge in [-0.2, -0.15) is 0 Å². The monoisotopic (exact) mass is 399 g/mol. The largest absolute Gasteiger partial charge is 0.383 e. The Labute approximate surface area is 167 Å². The normalized spacial score (nSPS) is 14.6. The first-order chi connectivity index (χ1) is 13.8. The smallest absolute Gasteiger partial charge is 0.330 e. The summed E-state index contributed by atoms with van der Waals surface area (Å²) in [5, 5.41) is 0. The van der Waals surface area contributed by atoms with Gasteiger partial charge in [-0.3, -0.25) is 23.9 Å². The van der Waals surface area contributed by atoms with Gasteiger partial charge in [-0.05, 0) is 18.4 Å². The minimum absolute atomic E-state index is 0.0158. The van der Waals surface area contributed by atoms with Gasteiger partial charge in [-0.1, -0.05) is 30.3 Å². The Morgan fingerprint density at radius 1 is 1.17 bits per heavy atom. The molecule has 9 heteroatoms. The van der Waals surface area contributed by atoms with Crippen LogP contribution < -0.4 is 21.9 Å². The number of likely N-dealkylation sites (tertiary alicyclic amines) is 1. The molecule has 1 aromatic carbocycles. The Morgan fingerprint density at radius 3 is 2.38 bits per heavy atom. The predicted molar refractivity (Wildman–Crippen MR) is 110 cm³/mol. The number of benzene rings is 1. The molecule has 154 valence electrons. The number of hydrogen-bond donors (Lipinski definition) is 2. The van der Waals surface area contributed by atoms with Crippen LogP contribution in [0.1, 0.15) is 25.3 Å². The van der Waals surface area contributed by atoms with Gasteiger partial charge in [0, 0.05) is 33.0 Å².